The third-order valence-electron chi connectivity index (χ3n) is 1.38. The fourth-order valence-electron chi connectivity index (χ4n) is 0.712. The normalized spacial score (nSPS) is 9.82. The largest absolute Gasteiger partial charge is 0.526 e. The Morgan fingerprint density at radius 3 is 2.36 bits per heavy atom. The predicted octanol–water partition coefficient (Wildman–Crippen LogP) is -0.975. The SMILES string of the molecule is CN(C)c1coc(B(O)O)c1. The van der Waals surface area contributed by atoms with Crippen molar-refractivity contribution >= 4 is 18.5 Å². The Bertz CT molecular complexity index is 211. The summed E-state index contributed by atoms with van der Waals surface area (Å²) in [7, 11) is 2.17. The van der Waals surface area contributed by atoms with Crippen LogP contribution in [0.1, 0.15) is 0 Å². The Hall–Kier alpha value is -0.935. The van der Waals surface area contributed by atoms with Crippen LogP contribution in [0.3, 0.4) is 0 Å². The molecule has 0 saturated heterocycles. The van der Waals surface area contributed by atoms with Crippen LogP contribution in [-0.4, -0.2) is 31.3 Å². The Morgan fingerprint density at radius 1 is 1.45 bits per heavy atom. The highest BCUT2D eigenvalue weighted by Gasteiger charge is 2.16. The van der Waals surface area contributed by atoms with E-state index in [-0.39, 0.29) is 5.66 Å². The molecule has 2 N–H and O–H groups in total. The third-order valence-corrected chi connectivity index (χ3v) is 1.38. The van der Waals surface area contributed by atoms with Crippen LogP contribution in [-0.2, 0) is 0 Å². The van der Waals surface area contributed by atoms with Crippen molar-refractivity contribution in [2.45, 2.75) is 0 Å². The second-order valence-electron chi connectivity index (χ2n) is 2.48. The summed E-state index contributed by atoms with van der Waals surface area (Å²) in [5, 5.41) is 17.3. The quantitative estimate of drug-likeness (QED) is 0.539. The summed E-state index contributed by atoms with van der Waals surface area (Å²) in [5.41, 5.74) is 0.974. The lowest BCUT2D eigenvalue weighted by Crippen LogP contribution is -2.28. The van der Waals surface area contributed by atoms with Gasteiger partial charge in [0.2, 0.25) is 0 Å². The van der Waals surface area contributed by atoms with Crippen molar-refractivity contribution in [3.05, 3.63) is 12.3 Å². The van der Waals surface area contributed by atoms with E-state index in [0.717, 1.165) is 5.69 Å². The maximum atomic E-state index is 8.66. The fourth-order valence-corrected chi connectivity index (χ4v) is 0.712. The minimum Gasteiger partial charge on any atom is -0.471 e. The van der Waals surface area contributed by atoms with Crippen LogP contribution in [0.25, 0.3) is 0 Å². The summed E-state index contributed by atoms with van der Waals surface area (Å²) in [4.78, 5) is 1.81. The third kappa shape index (κ3) is 1.75. The van der Waals surface area contributed by atoms with E-state index in [2.05, 4.69) is 0 Å². The molecule has 0 aliphatic rings. The first-order valence-electron chi connectivity index (χ1n) is 3.23. The van der Waals surface area contributed by atoms with Gasteiger partial charge in [0.05, 0.1) is 5.69 Å². The first-order valence-corrected chi connectivity index (χ1v) is 3.23. The van der Waals surface area contributed by atoms with Gasteiger partial charge in [-0.05, 0) is 6.07 Å². The summed E-state index contributed by atoms with van der Waals surface area (Å²) >= 11 is 0. The summed E-state index contributed by atoms with van der Waals surface area (Å²) in [6.45, 7) is 0. The van der Waals surface area contributed by atoms with Gasteiger partial charge in [-0.15, -0.1) is 0 Å². The van der Waals surface area contributed by atoms with Gasteiger partial charge in [-0.2, -0.15) is 0 Å². The zero-order valence-electron chi connectivity index (χ0n) is 6.48. The van der Waals surface area contributed by atoms with Gasteiger partial charge >= 0.3 is 7.12 Å². The molecule has 0 fully saturated rings. The molecule has 5 heteroatoms. The van der Waals surface area contributed by atoms with Gasteiger partial charge in [-0.1, -0.05) is 0 Å². The van der Waals surface area contributed by atoms with E-state index < -0.39 is 7.12 Å². The van der Waals surface area contributed by atoms with E-state index in [1.165, 1.54) is 6.26 Å². The van der Waals surface area contributed by atoms with Crippen molar-refractivity contribution in [2.75, 3.05) is 19.0 Å². The average Bonchev–Trinajstić information content (AvgIpc) is 2.33. The lowest BCUT2D eigenvalue weighted by atomic mass is 9.88. The first kappa shape index (κ1) is 8.16. The van der Waals surface area contributed by atoms with E-state index in [4.69, 9.17) is 14.5 Å². The van der Waals surface area contributed by atoms with Gasteiger partial charge in [0.1, 0.15) is 11.9 Å². The van der Waals surface area contributed by atoms with Crippen molar-refractivity contribution in [1.82, 2.24) is 0 Å². The van der Waals surface area contributed by atoms with Gasteiger partial charge < -0.3 is 19.4 Å². The highest BCUT2D eigenvalue weighted by Crippen LogP contribution is 2.08. The number of anilines is 1. The molecule has 0 aromatic carbocycles. The average molecular weight is 155 g/mol. The molecule has 1 heterocycles. The van der Waals surface area contributed by atoms with Crippen molar-refractivity contribution in [1.29, 1.82) is 0 Å². The number of hydrogen-bond donors (Lipinski definition) is 2. The summed E-state index contributed by atoms with van der Waals surface area (Å²) in [6.07, 6.45) is 1.47. The molecule has 1 rings (SSSR count). The smallest absolute Gasteiger partial charge is 0.471 e. The molecule has 0 unspecified atom stereocenters. The summed E-state index contributed by atoms with van der Waals surface area (Å²) < 4.78 is 4.85. The number of hydrogen-bond acceptors (Lipinski definition) is 4. The first-order chi connectivity index (χ1) is 5.11. The Balaban J connectivity index is 2.82. The molecule has 0 spiro atoms. The second-order valence-corrected chi connectivity index (χ2v) is 2.48. The maximum absolute atomic E-state index is 8.66. The molecule has 0 atom stereocenters. The van der Waals surface area contributed by atoms with E-state index in [0.29, 0.717) is 0 Å². The van der Waals surface area contributed by atoms with Gasteiger partial charge in [0, 0.05) is 14.1 Å². The Labute approximate surface area is 65.2 Å². The molecule has 0 aliphatic carbocycles. The minimum atomic E-state index is -1.52. The summed E-state index contributed by atoms with van der Waals surface area (Å²) in [5.74, 6) is 0. The highest BCUT2D eigenvalue weighted by atomic mass is 16.4. The number of nitrogens with zero attached hydrogens (tertiary/aromatic N) is 1. The molecule has 0 aliphatic heterocycles. The van der Waals surface area contributed by atoms with Crippen molar-refractivity contribution < 1.29 is 14.5 Å². The zero-order chi connectivity index (χ0) is 8.43. The van der Waals surface area contributed by atoms with Crippen LogP contribution in [0.5, 0.6) is 0 Å². The Kier molecular flexibility index (Phi) is 2.21. The monoisotopic (exact) mass is 155 g/mol. The molecule has 60 valence electrons. The van der Waals surface area contributed by atoms with Crippen LogP contribution in [0.15, 0.2) is 16.7 Å². The predicted molar refractivity (Wildman–Crippen MR) is 42.9 cm³/mol. The molecular weight excluding hydrogens is 145 g/mol. The van der Waals surface area contributed by atoms with Gasteiger partial charge in [-0.25, -0.2) is 0 Å². The fraction of sp³-hybridized carbons (Fsp3) is 0.333. The molecule has 0 radical (unpaired) electrons. The van der Waals surface area contributed by atoms with Crippen LogP contribution in [0.2, 0.25) is 0 Å². The van der Waals surface area contributed by atoms with Gasteiger partial charge in [-0.3, -0.25) is 0 Å². The second kappa shape index (κ2) is 2.98. The molecule has 11 heavy (non-hydrogen) atoms. The molecule has 0 amide bonds. The number of furan rings is 1. The van der Waals surface area contributed by atoms with E-state index in [9.17, 15) is 0 Å². The Morgan fingerprint density at radius 2 is 2.09 bits per heavy atom. The van der Waals surface area contributed by atoms with Gasteiger partial charge in [0.25, 0.3) is 0 Å². The van der Waals surface area contributed by atoms with Crippen LogP contribution >= 0.6 is 0 Å². The molecule has 0 saturated carbocycles. The minimum absolute atomic E-state index is 0.161. The molecule has 1 aromatic rings. The lowest BCUT2D eigenvalue weighted by molar-refractivity contribution is 0.409. The van der Waals surface area contributed by atoms with Crippen LogP contribution in [0.4, 0.5) is 5.69 Å². The van der Waals surface area contributed by atoms with Crippen molar-refractivity contribution in [3.8, 4) is 0 Å². The highest BCUT2D eigenvalue weighted by molar-refractivity contribution is 6.57. The van der Waals surface area contributed by atoms with E-state index in [1.807, 2.05) is 19.0 Å². The van der Waals surface area contributed by atoms with Gasteiger partial charge in [0.15, 0.2) is 0 Å². The van der Waals surface area contributed by atoms with Crippen LogP contribution < -0.4 is 10.6 Å². The zero-order valence-corrected chi connectivity index (χ0v) is 6.48. The van der Waals surface area contributed by atoms with E-state index >= 15 is 0 Å². The molecule has 4 nitrogen and oxygen atoms in total. The summed E-state index contributed by atoms with van der Waals surface area (Å²) in [6, 6.07) is 1.57. The van der Waals surface area contributed by atoms with Crippen LogP contribution in [0, 0.1) is 0 Å². The lowest BCUT2D eigenvalue weighted by Gasteiger charge is -2.06. The van der Waals surface area contributed by atoms with Crippen molar-refractivity contribution in [3.63, 3.8) is 0 Å². The standard InChI is InChI=1S/C6H10BNO3/c1-8(2)5-3-6(7(9)10)11-4-5/h3-4,9-10H,1-2H3. The molecule has 1 aromatic heterocycles. The molecular formula is C6H10BNO3. The molecule has 0 bridgehead atoms. The van der Waals surface area contributed by atoms with E-state index in [1.54, 1.807) is 6.07 Å². The van der Waals surface area contributed by atoms with Crippen molar-refractivity contribution in [2.24, 2.45) is 0 Å². The number of rotatable bonds is 2. The maximum Gasteiger partial charge on any atom is 0.526 e. The topological polar surface area (TPSA) is 56.8 Å².